The van der Waals surface area contributed by atoms with Gasteiger partial charge in [-0.2, -0.15) is 0 Å². The number of aromatic nitrogens is 1. The zero-order valence-corrected chi connectivity index (χ0v) is 47.5. The number of fused-ring (bicyclic) bond motifs is 1. The molecule has 2 atom stereocenters. The van der Waals surface area contributed by atoms with Crippen LogP contribution in [-0.2, 0) is 44.6 Å². The number of anilines is 1. The van der Waals surface area contributed by atoms with Gasteiger partial charge < -0.3 is 24.9 Å². The van der Waals surface area contributed by atoms with E-state index in [-0.39, 0.29) is 22.9 Å². The molecule has 2 amide bonds. The van der Waals surface area contributed by atoms with Gasteiger partial charge in [-0.15, -0.1) is 28.6 Å². The zero-order chi connectivity index (χ0) is 56.4. The van der Waals surface area contributed by atoms with Crippen molar-refractivity contribution in [2.45, 2.75) is 48.3 Å². The normalized spacial score (nSPS) is 15.4. The molecule has 81 heavy (non-hydrogen) atoms. The summed E-state index contributed by atoms with van der Waals surface area (Å²) in [4.78, 5) is 72.4. The summed E-state index contributed by atoms with van der Waals surface area (Å²) in [5, 5.41) is 12.7. The van der Waals surface area contributed by atoms with Crippen molar-refractivity contribution < 1.29 is 33.5 Å². The second-order valence-corrected chi connectivity index (χ2v) is 26.9. The summed E-state index contributed by atoms with van der Waals surface area (Å²) >= 11 is 2.61. The van der Waals surface area contributed by atoms with Gasteiger partial charge in [0.2, 0.25) is 0 Å². The van der Waals surface area contributed by atoms with E-state index in [9.17, 15) is 14.4 Å². The highest BCUT2D eigenvalue weighted by atomic mass is 32.2. The van der Waals surface area contributed by atoms with Gasteiger partial charge in [-0.05, 0) is 45.5 Å². The van der Waals surface area contributed by atoms with E-state index in [0.717, 1.165) is 27.8 Å². The number of thioether (sulfide) groups is 1. The third kappa shape index (κ3) is 11.7. The molecule has 3 heterocycles. The summed E-state index contributed by atoms with van der Waals surface area (Å²) in [6, 6.07) is 65.2. The Morgan fingerprint density at radius 2 is 1.17 bits per heavy atom. The first-order chi connectivity index (χ1) is 39.4. The average molecular weight is 1120 g/mol. The lowest BCUT2D eigenvalue weighted by atomic mass is 9.77. The van der Waals surface area contributed by atoms with Crippen LogP contribution < -0.4 is 10.6 Å². The number of β-lactam (4-membered cyclic amide) rings is 1. The van der Waals surface area contributed by atoms with Crippen LogP contribution in [-0.4, -0.2) is 71.7 Å². The van der Waals surface area contributed by atoms with Gasteiger partial charge in [-0.1, -0.05) is 243 Å². The molecule has 0 saturated carbocycles. The number of esters is 2. The van der Waals surface area contributed by atoms with Gasteiger partial charge in [0, 0.05) is 22.3 Å². The lowest BCUT2D eigenvalue weighted by Crippen LogP contribution is -2.71. The molecule has 7 aromatic carbocycles. The Bertz CT molecular complexity index is 3510. The van der Waals surface area contributed by atoms with Crippen LogP contribution in [0, 0.1) is 11.5 Å². The number of hydrogen-bond acceptors (Lipinski definition) is 12. The zero-order valence-electron chi connectivity index (χ0n) is 44.9. The number of nitrogens with zero attached hydrogens (tertiary/aromatic N) is 3. The van der Waals surface area contributed by atoms with Gasteiger partial charge in [-0.3, -0.25) is 14.5 Å². The summed E-state index contributed by atoms with van der Waals surface area (Å²) in [5.41, 5.74) is 5.65. The van der Waals surface area contributed by atoms with E-state index in [4.69, 9.17) is 19.3 Å². The summed E-state index contributed by atoms with van der Waals surface area (Å²) in [6.07, 6.45) is 2.67. The number of rotatable bonds is 18. The number of carbonyl (C=O) groups excluding carboxylic acids is 4. The maximum Gasteiger partial charge on any atom is 0.362 e. The first kappa shape index (κ1) is 55.2. The first-order valence-corrected chi connectivity index (χ1v) is 31.7. The first-order valence-electron chi connectivity index (χ1n) is 26.3. The molecule has 0 bridgehead atoms. The van der Waals surface area contributed by atoms with Crippen molar-refractivity contribution in [2.75, 3.05) is 18.2 Å². The van der Waals surface area contributed by atoms with Crippen LogP contribution in [0.25, 0.3) is 0 Å². The van der Waals surface area contributed by atoms with Crippen LogP contribution in [0.3, 0.4) is 0 Å². The fraction of sp³-hybridized carbons (Fsp3) is 0.152. The monoisotopic (exact) mass is 1120 g/mol. The Kier molecular flexibility index (Phi) is 16.7. The summed E-state index contributed by atoms with van der Waals surface area (Å²) in [5.74, 6) is 0.512. The van der Waals surface area contributed by atoms with Crippen LogP contribution in [0.15, 0.2) is 246 Å². The fourth-order valence-corrected chi connectivity index (χ4v) is 12.4. The van der Waals surface area contributed by atoms with Crippen molar-refractivity contribution >= 4 is 65.8 Å². The third-order valence-corrected chi connectivity index (χ3v) is 16.7. The van der Waals surface area contributed by atoms with Crippen LogP contribution in [0.1, 0.15) is 50.7 Å². The van der Waals surface area contributed by atoms with Crippen molar-refractivity contribution in [3.63, 3.8) is 0 Å². The topological polar surface area (TPSA) is 149 Å². The van der Waals surface area contributed by atoms with E-state index in [0.29, 0.717) is 21.8 Å². The van der Waals surface area contributed by atoms with Crippen LogP contribution in [0.2, 0.25) is 19.6 Å². The summed E-state index contributed by atoms with van der Waals surface area (Å²) in [7, 11) is -0.502. The van der Waals surface area contributed by atoms with Crippen LogP contribution >= 0.6 is 23.1 Å². The molecule has 404 valence electrons. The molecule has 0 spiro atoms. The van der Waals surface area contributed by atoms with Gasteiger partial charge in [0.15, 0.2) is 16.9 Å². The predicted octanol–water partition coefficient (Wildman–Crippen LogP) is 11.8. The van der Waals surface area contributed by atoms with Gasteiger partial charge in [0.1, 0.15) is 36.4 Å². The maximum atomic E-state index is 15.3. The molecule has 12 nitrogen and oxygen atoms in total. The number of hydrogen-bond donors (Lipinski definition) is 2. The molecule has 0 aliphatic carbocycles. The number of amides is 2. The Hall–Kier alpha value is -9.07. The number of methoxy groups -OCH3 is 1. The molecule has 10 rings (SSSR count). The number of nitrogens with one attached hydrogen (secondary N) is 2. The number of oxime groups is 1. The Balaban J connectivity index is 1.04. The molecule has 1 aromatic heterocycles. The van der Waals surface area contributed by atoms with Crippen molar-refractivity contribution in [1.82, 2.24) is 15.2 Å². The second kappa shape index (κ2) is 24.5. The Morgan fingerprint density at radius 1 is 0.704 bits per heavy atom. The number of thiazole rings is 1. The smallest absolute Gasteiger partial charge is 0.362 e. The van der Waals surface area contributed by atoms with Crippen molar-refractivity contribution in [3.05, 3.63) is 286 Å². The van der Waals surface area contributed by atoms with Gasteiger partial charge in [0.05, 0.1) is 7.11 Å². The van der Waals surface area contributed by atoms with E-state index in [1.807, 2.05) is 152 Å². The highest BCUT2D eigenvalue weighted by Gasteiger charge is 2.55. The van der Waals surface area contributed by atoms with E-state index < -0.39 is 60.5 Å². The molecule has 0 unspecified atom stereocenters. The second-order valence-electron chi connectivity index (χ2n) is 20.1. The minimum absolute atomic E-state index is 0.0527. The quantitative estimate of drug-likeness (QED) is 0.0162. The summed E-state index contributed by atoms with van der Waals surface area (Å²) in [6.45, 7) is 6.42. The summed E-state index contributed by atoms with van der Waals surface area (Å²) < 4.78 is 11.9. The minimum Gasteiger partial charge on any atom is -0.465 e. The van der Waals surface area contributed by atoms with E-state index in [2.05, 4.69) is 46.9 Å². The molecule has 0 radical (unpaired) electrons. The van der Waals surface area contributed by atoms with E-state index in [1.54, 1.807) is 78.2 Å². The minimum atomic E-state index is -2.02. The standard InChI is InChI=1S/C66H57N5O7S2Si/c1-76-63(75)66(52-39-22-10-23-40-52,53-41-24-11-25-42-53)78-70-55(54-45-80-64(67-54)69-65(49-33-16-7-17-34-49,50-35-18-8-19-36-50)51-37-20-9-21-38-51)59(72)68-56-60(73)71-57(48(44-79-61(56)71)32-26-27-43-81(2,3)4)62(74)77-58(46-28-12-5-13-29-46)47-30-14-6-15-31-47/h5-26,28-42,45,56,58,61H,44H2,1-4H3,(H,67,69)(H,68,72)/t56-,61-/m1/s1. The van der Waals surface area contributed by atoms with Gasteiger partial charge in [-0.25, -0.2) is 14.6 Å². The fourth-order valence-electron chi connectivity index (χ4n) is 9.85. The molecule has 2 aliphatic heterocycles. The highest BCUT2D eigenvalue weighted by molar-refractivity contribution is 8.00. The third-order valence-electron chi connectivity index (χ3n) is 13.7. The van der Waals surface area contributed by atoms with Crippen molar-refractivity contribution in [2.24, 2.45) is 5.16 Å². The Morgan fingerprint density at radius 3 is 1.64 bits per heavy atom. The molecule has 2 N–H and O–H groups in total. The maximum absolute atomic E-state index is 15.3. The predicted molar refractivity (Wildman–Crippen MR) is 321 cm³/mol. The van der Waals surface area contributed by atoms with Crippen molar-refractivity contribution in [3.8, 4) is 11.5 Å². The molecule has 15 heteroatoms. The molecule has 1 fully saturated rings. The lowest BCUT2D eigenvalue weighted by Gasteiger charge is -2.49. The van der Waals surface area contributed by atoms with Gasteiger partial charge >= 0.3 is 11.9 Å². The Labute approximate surface area is 480 Å². The number of ether oxygens (including phenoxy) is 2. The molecule has 1 saturated heterocycles. The average Bonchev–Trinajstić information content (AvgIpc) is 4.06. The van der Waals surface area contributed by atoms with E-state index in [1.165, 1.54) is 35.1 Å². The number of benzene rings is 7. The highest BCUT2D eigenvalue weighted by Crippen LogP contribution is 2.44. The van der Waals surface area contributed by atoms with Crippen LogP contribution in [0.5, 0.6) is 0 Å². The number of allylic oxidation sites excluding steroid dienone is 2. The van der Waals surface area contributed by atoms with E-state index >= 15 is 4.79 Å². The largest absolute Gasteiger partial charge is 0.465 e. The van der Waals surface area contributed by atoms with Crippen LogP contribution in [0.4, 0.5) is 5.13 Å². The molecular weight excluding hydrogens is 1070 g/mol. The SMILES string of the molecule is COC(=O)C(ON=C(C(=O)N[C@@H]1C(=O)N2C(C(=O)OC(c3ccccc3)c3ccccc3)=C(C=CC#C[Si](C)(C)C)CS[C@H]12)c1csc(NC(c2ccccc2)(c2ccccc2)c2ccccc2)n1)(c1ccccc1)c1ccccc1. The molecular formula is C66H57N5O7S2Si. The van der Waals surface area contributed by atoms with Crippen molar-refractivity contribution in [1.29, 1.82) is 0 Å². The number of carbonyl (C=O) groups is 4. The lowest BCUT2D eigenvalue weighted by molar-refractivity contribution is -0.165. The molecule has 2 aliphatic rings. The molecule has 8 aromatic rings. The van der Waals surface area contributed by atoms with Gasteiger partial charge in [0.25, 0.3) is 17.4 Å².